The molecule has 1 saturated carbocycles. The number of nitrogens with two attached hydrogens (primary N) is 1. The van der Waals surface area contributed by atoms with Gasteiger partial charge in [-0.05, 0) is 101 Å². The Morgan fingerprint density at radius 2 is 1.45 bits per heavy atom. The molecule has 0 unspecified atom stereocenters. The number of aromatic nitrogens is 4. The van der Waals surface area contributed by atoms with Gasteiger partial charge in [-0.1, -0.05) is 64.2 Å². The summed E-state index contributed by atoms with van der Waals surface area (Å²) in [6.07, 6.45) is 14.0. The minimum atomic E-state index is -2.49. The lowest BCUT2D eigenvalue weighted by Crippen LogP contribution is -2.61. The molecular weight excluding hydrogens is 1170 g/mol. The Balaban J connectivity index is 1.02. The van der Waals surface area contributed by atoms with Crippen molar-refractivity contribution >= 4 is 47.3 Å². The highest BCUT2D eigenvalue weighted by Crippen LogP contribution is 2.38. The molecule has 0 aromatic carbocycles. The van der Waals surface area contributed by atoms with E-state index >= 15 is 0 Å². The van der Waals surface area contributed by atoms with Crippen LogP contribution in [-0.2, 0) is 54.1 Å². The number of hydrogen-bond donors (Lipinski definition) is 6. The molecule has 502 valence electrons. The molecule has 91 heavy (non-hydrogen) atoms. The summed E-state index contributed by atoms with van der Waals surface area (Å²) in [6, 6.07) is -2.12. The Labute approximate surface area is 534 Å². The van der Waals surface area contributed by atoms with Crippen molar-refractivity contribution in [3.63, 3.8) is 0 Å². The number of amides is 3. The molecule has 7 N–H and O–H groups in total. The predicted molar refractivity (Wildman–Crippen MR) is 338 cm³/mol. The van der Waals surface area contributed by atoms with Gasteiger partial charge >= 0.3 is 12.1 Å². The van der Waals surface area contributed by atoms with E-state index in [0.29, 0.717) is 106 Å². The molecule has 0 radical (unpaired) electrons. The number of piperazine rings is 1. The van der Waals surface area contributed by atoms with E-state index in [1.807, 2.05) is 54.0 Å². The van der Waals surface area contributed by atoms with Crippen molar-refractivity contribution in [1.82, 2.24) is 35.5 Å². The van der Waals surface area contributed by atoms with Crippen LogP contribution in [0.3, 0.4) is 0 Å². The molecule has 4 aliphatic heterocycles. The van der Waals surface area contributed by atoms with Crippen LogP contribution in [-0.4, -0.2) is 203 Å². The van der Waals surface area contributed by atoms with Gasteiger partial charge < -0.3 is 74.8 Å². The summed E-state index contributed by atoms with van der Waals surface area (Å²) in [5.74, 6) is -7.07. The number of Topliss-reactive ketones (excluding diaryl/α,β-unsaturated/α-hetero) is 2. The molecule has 25 heteroatoms. The quantitative estimate of drug-likeness (QED) is 0.0938. The van der Waals surface area contributed by atoms with Gasteiger partial charge in [-0.25, -0.2) is 29.5 Å². The smallest absolute Gasteiger partial charge is 0.407 e. The molecule has 6 heterocycles. The van der Waals surface area contributed by atoms with Crippen molar-refractivity contribution in [2.45, 2.75) is 192 Å². The van der Waals surface area contributed by atoms with Crippen LogP contribution in [0.25, 0.3) is 0 Å². The van der Waals surface area contributed by atoms with Gasteiger partial charge in [0.05, 0.1) is 30.0 Å². The zero-order valence-electron chi connectivity index (χ0n) is 54.6. The summed E-state index contributed by atoms with van der Waals surface area (Å²) < 4.78 is 35.9. The van der Waals surface area contributed by atoms with Crippen LogP contribution >= 0.6 is 0 Å². The Morgan fingerprint density at radius 1 is 0.780 bits per heavy atom. The molecule has 2 bridgehead atoms. The van der Waals surface area contributed by atoms with E-state index in [9.17, 15) is 44.1 Å². The van der Waals surface area contributed by atoms with E-state index in [4.69, 9.17) is 34.2 Å². The molecule has 7 rings (SSSR count). The minimum Gasteiger partial charge on any atom is -0.459 e. The second kappa shape index (κ2) is 33.8. The molecule has 16 atom stereocenters. The van der Waals surface area contributed by atoms with Crippen LogP contribution in [0.1, 0.15) is 135 Å². The molecule has 4 fully saturated rings. The number of anilines is 2. The summed E-state index contributed by atoms with van der Waals surface area (Å²) in [5.41, 5.74) is 9.36. The molecule has 2 aromatic rings. The van der Waals surface area contributed by atoms with Gasteiger partial charge in [-0.3, -0.25) is 19.2 Å². The lowest BCUT2D eigenvalue weighted by Gasteiger charge is -2.42. The van der Waals surface area contributed by atoms with Gasteiger partial charge in [0.15, 0.2) is 5.78 Å². The van der Waals surface area contributed by atoms with E-state index in [-0.39, 0.29) is 62.3 Å². The van der Waals surface area contributed by atoms with Crippen molar-refractivity contribution in [3.8, 4) is 0 Å². The second-order valence-corrected chi connectivity index (χ2v) is 25.4. The fourth-order valence-corrected chi connectivity index (χ4v) is 13.0. The number of carbonyl (C=O) groups is 6. The van der Waals surface area contributed by atoms with E-state index in [1.54, 1.807) is 60.3 Å². The van der Waals surface area contributed by atoms with E-state index in [0.717, 1.165) is 10.5 Å². The lowest BCUT2D eigenvalue weighted by atomic mass is 9.80. The van der Waals surface area contributed by atoms with E-state index in [2.05, 4.69) is 30.6 Å². The van der Waals surface area contributed by atoms with Crippen LogP contribution in [0, 0.1) is 29.6 Å². The normalized spacial score (nSPS) is 33.8. The Kier molecular flexibility index (Phi) is 26.7. The van der Waals surface area contributed by atoms with Crippen LogP contribution in [0.2, 0.25) is 0 Å². The number of rotatable bonds is 12. The third-order valence-electron chi connectivity index (χ3n) is 18.7. The summed E-state index contributed by atoms with van der Waals surface area (Å²) in [5, 5.41) is 41.1. The number of aliphatic hydroxyl groups excluding tert-OH is 2. The molecule has 1 aliphatic carbocycles. The van der Waals surface area contributed by atoms with Gasteiger partial charge in [-0.2, -0.15) is 0 Å². The van der Waals surface area contributed by atoms with Gasteiger partial charge in [0.2, 0.25) is 17.7 Å². The van der Waals surface area contributed by atoms with Crippen LogP contribution in [0.5, 0.6) is 0 Å². The Hall–Kier alpha value is -6.58. The number of piperidine rings is 1. The van der Waals surface area contributed by atoms with Crippen molar-refractivity contribution in [2.75, 3.05) is 70.9 Å². The number of aliphatic hydroxyl groups is 3. The SMILES string of the molecule is CNC(=O)c1cnc(N2CCN(c3ncc(CNC(=O)O[C@@H]4CC[C@@H](C[C@@H](N)[C@@H]5C[C@@H](O)[C@H](C)/C=C(\C)[C@@H](O)[C@@H](OC)C(=O)[C@H](C)C[C@H](C)/C=C/C=C/C=C(\C)[C@@H](OC)C[C@@H]6CC[C@@H](C)[C@@](O)(O6)C(=O)C(=O)N6CCCC[C@H]6C(=O)O5)C[C@H]4OC)cn3)CC2)nc1. The molecule has 3 amide bonds. The molecule has 3 saturated heterocycles. The molecule has 5 aliphatic rings. The number of esters is 1. The summed E-state index contributed by atoms with van der Waals surface area (Å²) in [7, 11) is 6.02. The summed E-state index contributed by atoms with van der Waals surface area (Å²) in [6.45, 7) is 13.4. The van der Waals surface area contributed by atoms with E-state index < -0.39 is 108 Å². The number of allylic oxidation sites excluding steroid dienone is 5. The number of carbonyl (C=O) groups excluding carboxylic acids is 6. The van der Waals surface area contributed by atoms with Crippen molar-refractivity contribution in [1.29, 1.82) is 0 Å². The number of methoxy groups -OCH3 is 3. The first kappa shape index (κ1) is 71.9. The highest BCUT2D eigenvalue weighted by molar-refractivity contribution is 6.39. The third-order valence-corrected chi connectivity index (χ3v) is 18.7. The maximum absolute atomic E-state index is 14.7. The van der Waals surface area contributed by atoms with Gasteiger partial charge in [0.1, 0.15) is 30.5 Å². The molecular formula is C66H98N10O15. The van der Waals surface area contributed by atoms with Crippen LogP contribution in [0.15, 0.2) is 72.4 Å². The maximum atomic E-state index is 14.7. The third kappa shape index (κ3) is 19.0. The highest BCUT2D eigenvalue weighted by Gasteiger charge is 2.53. The first-order chi connectivity index (χ1) is 43.5. The summed E-state index contributed by atoms with van der Waals surface area (Å²) in [4.78, 5) is 106. The fraction of sp³-hybridized carbons (Fsp3) is 0.667. The largest absolute Gasteiger partial charge is 0.459 e. The number of alkyl carbamates (subject to hydrolysis) is 1. The van der Waals surface area contributed by atoms with E-state index in [1.165, 1.54) is 26.6 Å². The number of ether oxygens (including phenoxy) is 6. The molecule has 2 aromatic heterocycles. The maximum Gasteiger partial charge on any atom is 0.407 e. The van der Waals surface area contributed by atoms with Crippen LogP contribution < -0.4 is 26.2 Å². The molecule has 25 nitrogen and oxygen atoms in total. The highest BCUT2D eigenvalue weighted by atomic mass is 16.6. The topological polar surface area (TPSA) is 330 Å². The second-order valence-electron chi connectivity index (χ2n) is 25.4. The summed E-state index contributed by atoms with van der Waals surface area (Å²) >= 11 is 0. The number of nitrogens with one attached hydrogen (secondary N) is 2. The fourth-order valence-electron chi connectivity index (χ4n) is 13.0. The number of fused-ring (bicyclic) bond motifs is 3. The average Bonchev–Trinajstić information content (AvgIpc) is 0.803. The van der Waals surface area contributed by atoms with Gasteiger partial charge in [-0.15, -0.1) is 0 Å². The standard InChI is InChI=1S/C66H98N10O15/c1-39-16-12-11-13-17-40(2)53(86-8)32-48-21-19-44(6)66(85,91-48)59(80)61(82)76-23-15-14-18-50(76)62(83)89-54(33-51(77)41(3)29-43(5)57(79)58(88-10)56(78)42(4)28-39)49(67)30-45-20-22-52(55(31-45)87-9)90-65(84)73-36-46-34-69-63(70-35-46)74-24-26-75(27-25-74)64-71-37-47(38-72-64)60(81)68-7/h11-13,16-17,29,34-35,37-39,41-42,44-45,48-55,57-58,77,79,85H,14-15,18-28,30-33,36,67H2,1-10H3,(H,68,81)(H,73,84)/b13-11+,16-12+,40-17+,43-29+/t39-,41-,42-,44-,45+,48+,49-,50+,51-,52-,53+,54+,55-,57-,58+,66-/m1/s1. The average molecular weight is 1270 g/mol. The van der Waals surface area contributed by atoms with Crippen LogP contribution in [0.4, 0.5) is 16.7 Å². The van der Waals surface area contributed by atoms with Crippen molar-refractivity contribution in [2.24, 2.45) is 35.3 Å². The predicted octanol–water partition coefficient (Wildman–Crippen LogP) is 4.86. The minimum absolute atomic E-state index is 0.0114. The monoisotopic (exact) mass is 1270 g/mol. The van der Waals surface area contributed by atoms with Gasteiger partial charge in [0.25, 0.3) is 17.6 Å². The number of nitrogens with zero attached hydrogens (tertiary/aromatic N) is 7. The number of cyclic esters (lactones) is 1. The first-order valence-corrected chi connectivity index (χ1v) is 32.2. The zero-order chi connectivity index (χ0) is 66.1. The van der Waals surface area contributed by atoms with Gasteiger partial charge in [0, 0.05) is 135 Å². The molecule has 0 spiro atoms. The Morgan fingerprint density at radius 3 is 2.09 bits per heavy atom. The number of ketones is 2. The van der Waals surface area contributed by atoms with Crippen molar-refractivity contribution < 1.29 is 72.5 Å². The first-order valence-electron chi connectivity index (χ1n) is 32.2. The van der Waals surface area contributed by atoms with Crippen molar-refractivity contribution in [3.05, 3.63) is 83.5 Å². The zero-order valence-corrected chi connectivity index (χ0v) is 54.6. The lowest BCUT2D eigenvalue weighted by molar-refractivity contribution is -0.265. The Bertz CT molecular complexity index is 2890. The number of hydrogen-bond acceptors (Lipinski definition) is 22.